The summed E-state index contributed by atoms with van der Waals surface area (Å²) in [5, 5.41) is 0. The fourth-order valence-electron chi connectivity index (χ4n) is 3.04. The normalized spacial score (nSPS) is 10.4. The van der Waals surface area contributed by atoms with Crippen molar-refractivity contribution in [3.63, 3.8) is 0 Å². The maximum absolute atomic E-state index is 12.2. The summed E-state index contributed by atoms with van der Waals surface area (Å²) in [7, 11) is 0. The quantitative estimate of drug-likeness (QED) is 0.142. The van der Waals surface area contributed by atoms with Gasteiger partial charge >= 0.3 is 12.6 Å². The van der Waals surface area contributed by atoms with Crippen molar-refractivity contribution in [1.82, 2.24) is 0 Å². The minimum atomic E-state index is -2.92. The molecule has 0 aromatic heterocycles. The van der Waals surface area contributed by atoms with E-state index in [1.165, 1.54) is 43.5 Å². The van der Waals surface area contributed by atoms with Crippen LogP contribution in [0, 0.1) is 11.8 Å². The predicted octanol–water partition coefficient (Wildman–Crippen LogP) is 6.87. The zero-order valence-electron chi connectivity index (χ0n) is 18.9. The molecule has 34 heavy (non-hydrogen) atoms. The van der Waals surface area contributed by atoms with Crippen LogP contribution in [0.4, 0.5) is 8.78 Å². The smallest absolute Gasteiger partial charge is 0.387 e. The van der Waals surface area contributed by atoms with Gasteiger partial charge in [-0.25, -0.2) is 4.79 Å². The first-order chi connectivity index (χ1) is 16.5. The fourth-order valence-corrected chi connectivity index (χ4v) is 3.04. The molecule has 3 aromatic rings. The number of esters is 1. The lowest BCUT2D eigenvalue weighted by atomic mass is 10.1. The van der Waals surface area contributed by atoms with Crippen molar-refractivity contribution in [3.8, 4) is 29.1 Å². The third-order valence-corrected chi connectivity index (χ3v) is 4.85. The summed E-state index contributed by atoms with van der Waals surface area (Å²) < 4.78 is 39.7. The summed E-state index contributed by atoms with van der Waals surface area (Å²) in [6, 6.07) is 19.8. The number of halogens is 2. The molecule has 0 fully saturated rings. The summed E-state index contributed by atoms with van der Waals surface area (Å²) in [6.45, 7) is -0.0106. The van der Waals surface area contributed by atoms with Gasteiger partial charge in [0, 0.05) is 11.1 Å². The van der Waals surface area contributed by atoms with Crippen LogP contribution in [-0.4, -0.2) is 19.2 Å². The van der Waals surface area contributed by atoms with Crippen LogP contribution < -0.4 is 14.2 Å². The van der Waals surface area contributed by atoms with E-state index in [9.17, 15) is 13.6 Å². The lowest BCUT2D eigenvalue weighted by Gasteiger charge is -2.06. The first kappa shape index (κ1) is 24.8. The summed E-state index contributed by atoms with van der Waals surface area (Å²) in [5.41, 5.74) is 1.86. The van der Waals surface area contributed by atoms with Crippen LogP contribution in [0.2, 0.25) is 0 Å². The van der Waals surface area contributed by atoms with Gasteiger partial charge in [-0.3, -0.25) is 0 Å². The topological polar surface area (TPSA) is 44.8 Å². The molecule has 0 bridgehead atoms. The molecule has 0 radical (unpaired) electrons. The van der Waals surface area contributed by atoms with Gasteiger partial charge in [0.25, 0.3) is 0 Å². The monoisotopic (exact) mass is 464 g/mol. The van der Waals surface area contributed by atoms with E-state index in [2.05, 4.69) is 23.5 Å². The highest BCUT2D eigenvalue weighted by Gasteiger charge is 2.10. The van der Waals surface area contributed by atoms with Crippen molar-refractivity contribution in [2.45, 2.75) is 39.2 Å². The molecule has 0 N–H and O–H groups in total. The van der Waals surface area contributed by atoms with E-state index in [-0.39, 0.29) is 11.3 Å². The van der Waals surface area contributed by atoms with Gasteiger partial charge in [-0.15, -0.1) is 0 Å². The number of hydrogen-bond acceptors (Lipinski definition) is 4. The Morgan fingerprint density at radius 1 is 0.765 bits per heavy atom. The van der Waals surface area contributed by atoms with Crippen LogP contribution in [0.15, 0.2) is 72.8 Å². The molecular formula is C28H26F2O4. The maximum Gasteiger partial charge on any atom is 0.387 e. The minimum absolute atomic E-state index is 0.0287. The predicted molar refractivity (Wildman–Crippen MR) is 127 cm³/mol. The average Bonchev–Trinajstić information content (AvgIpc) is 2.84. The van der Waals surface area contributed by atoms with Crippen LogP contribution in [0.25, 0.3) is 0 Å². The molecule has 0 amide bonds. The molecule has 0 atom stereocenters. The zero-order valence-corrected chi connectivity index (χ0v) is 18.9. The first-order valence-electron chi connectivity index (χ1n) is 11.2. The number of unbranched alkanes of at least 4 members (excludes halogenated alkanes) is 3. The molecule has 0 heterocycles. The largest absolute Gasteiger partial charge is 0.494 e. The van der Waals surface area contributed by atoms with Crippen molar-refractivity contribution in [2.75, 3.05) is 6.61 Å². The molecule has 0 aliphatic rings. The van der Waals surface area contributed by atoms with Gasteiger partial charge < -0.3 is 14.2 Å². The highest BCUT2D eigenvalue weighted by molar-refractivity contribution is 5.91. The zero-order chi connectivity index (χ0) is 24.2. The van der Waals surface area contributed by atoms with Crippen LogP contribution >= 0.6 is 0 Å². The van der Waals surface area contributed by atoms with E-state index < -0.39 is 12.6 Å². The highest BCUT2D eigenvalue weighted by atomic mass is 19.3. The van der Waals surface area contributed by atoms with Crippen LogP contribution in [0.5, 0.6) is 17.2 Å². The lowest BCUT2D eigenvalue weighted by Crippen LogP contribution is -2.08. The van der Waals surface area contributed by atoms with Gasteiger partial charge in [-0.2, -0.15) is 8.78 Å². The Bertz CT molecular complexity index is 1100. The van der Waals surface area contributed by atoms with E-state index in [1.807, 2.05) is 24.3 Å². The number of rotatable bonds is 10. The molecule has 0 saturated heterocycles. The lowest BCUT2D eigenvalue weighted by molar-refractivity contribution is -0.0498. The Kier molecular flexibility index (Phi) is 9.48. The van der Waals surface area contributed by atoms with Gasteiger partial charge in [-0.05, 0) is 79.2 Å². The second-order valence-corrected chi connectivity index (χ2v) is 7.50. The van der Waals surface area contributed by atoms with E-state index in [0.29, 0.717) is 5.75 Å². The standard InChI is InChI=1S/C28H26F2O4/c1-2-3-4-5-20-32-24-14-8-21(9-15-24)6-7-22-10-16-25(17-11-22)33-27(31)23-12-18-26(19-13-23)34-28(29)30/h8-19,28H,2-5,20H2,1H3. The number of carbonyl (C=O) groups excluding carboxylic acids is 1. The molecule has 4 nitrogen and oxygen atoms in total. The van der Waals surface area contributed by atoms with Gasteiger partial charge in [0.2, 0.25) is 0 Å². The third kappa shape index (κ3) is 8.25. The van der Waals surface area contributed by atoms with Crippen molar-refractivity contribution in [2.24, 2.45) is 0 Å². The van der Waals surface area contributed by atoms with Gasteiger partial charge in [0.1, 0.15) is 17.2 Å². The van der Waals surface area contributed by atoms with E-state index in [4.69, 9.17) is 9.47 Å². The van der Waals surface area contributed by atoms with Crippen LogP contribution in [-0.2, 0) is 0 Å². The molecule has 0 unspecified atom stereocenters. The highest BCUT2D eigenvalue weighted by Crippen LogP contribution is 2.18. The number of benzene rings is 3. The molecule has 0 aliphatic heterocycles. The SMILES string of the molecule is CCCCCCOc1ccc(C#Cc2ccc(OC(=O)c3ccc(OC(F)F)cc3)cc2)cc1. The second-order valence-electron chi connectivity index (χ2n) is 7.50. The molecule has 0 spiro atoms. The Hall–Kier alpha value is -3.85. The second kappa shape index (κ2) is 13.0. The molecule has 176 valence electrons. The summed E-state index contributed by atoms with van der Waals surface area (Å²) >= 11 is 0. The molecule has 6 heteroatoms. The number of alkyl halides is 2. The first-order valence-corrected chi connectivity index (χ1v) is 11.2. The molecule has 0 saturated carbocycles. The Morgan fingerprint density at radius 2 is 1.32 bits per heavy atom. The summed E-state index contributed by atoms with van der Waals surface area (Å²) in [5.74, 6) is 6.73. The van der Waals surface area contributed by atoms with E-state index >= 15 is 0 Å². The fraction of sp³-hybridized carbons (Fsp3) is 0.250. The maximum atomic E-state index is 12.2. The summed E-state index contributed by atoms with van der Waals surface area (Å²) in [4.78, 5) is 12.2. The van der Waals surface area contributed by atoms with Gasteiger partial charge in [0.15, 0.2) is 0 Å². The van der Waals surface area contributed by atoms with Crippen LogP contribution in [0.1, 0.15) is 54.1 Å². The Balaban J connectivity index is 1.50. The van der Waals surface area contributed by atoms with Gasteiger partial charge in [-0.1, -0.05) is 38.0 Å². The number of ether oxygens (including phenoxy) is 3. The molecule has 0 aliphatic carbocycles. The van der Waals surface area contributed by atoms with Crippen molar-refractivity contribution in [3.05, 3.63) is 89.5 Å². The van der Waals surface area contributed by atoms with Crippen molar-refractivity contribution < 1.29 is 27.8 Å². The average molecular weight is 465 g/mol. The minimum Gasteiger partial charge on any atom is -0.494 e. The molecular weight excluding hydrogens is 438 g/mol. The number of carbonyl (C=O) groups is 1. The van der Waals surface area contributed by atoms with Crippen molar-refractivity contribution in [1.29, 1.82) is 0 Å². The Labute approximate surface area is 198 Å². The van der Waals surface area contributed by atoms with Crippen molar-refractivity contribution >= 4 is 5.97 Å². The van der Waals surface area contributed by atoms with Crippen LogP contribution in [0.3, 0.4) is 0 Å². The van der Waals surface area contributed by atoms with E-state index in [1.54, 1.807) is 24.3 Å². The summed E-state index contributed by atoms with van der Waals surface area (Å²) in [6.07, 6.45) is 4.68. The number of hydrogen-bond donors (Lipinski definition) is 0. The molecule has 3 aromatic carbocycles. The molecule has 3 rings (SSSR count). The van der Waals surface area contributed by atoms with E-state index in [0.717, 1.165) is 29.9 Å². The third-order valence-electron chi connectivity index (χ3n) is 4.85. The Morgan fingerprint density at radius 3 is 1.88 bits per heavy atom. The van der Waals surface area contributed by atoms with Gasteiger partial charge in [0.05, 0.1) is 12.2 Å².